The van der Waals surface area contributed by atoms with Gasteiger partial charge in [0.25, 0.3) is 0 Å². The molecule has 0 aromatic rings. The van der Waals surface area contributed by atoms with Crippen molar-refractivity contribution in [1.82, 2.24) is 0 Å². The van der Waals surface area contributed by atoms with Gasteiger partial charge in [-0.05, 0) is 25.7 Å². The fourth-order valence-corrected chi connectivity index (χ4v) is 2.52. The van der Waals surface area contributed by atoms with Crippen molar-refractivity contribution in [3.05, 3.63) is 0 Å². The van der Waals surface area contributed by atoms with Crippen molar-refractivity contribution in [2.45, 2.75) is 76.4 Å². The molecule has 2 unspecified atom stereocenters. The maximum absolute atomic E-state index is 9.15. The molecular weight excluding hydrogens is 214 g/mol. The first-order valence-electron chi connectivity index (χ1n) is 7.21. The second-order valence-electron chi connectivity index (χ2n) is 5.52. The number of unbranched alkanes of at least 4 members (excludes halogenated alkanes) is 5. The van der Waals surface area contributed by atoms with Gasteiger partial charge in [0.1, 0.15) is 0 Å². The average molecular weight is 243 g/mol. The Morgan fingerprint density at radius 3 is 2.59 bits per heavy atom. The topological polar surface area (TPSA) is 55.5 Å². The molecule has 0 aromatic carbocycles. The molecule has 1 aliphatic rings. The fraction of sp³-hybridized carbons (Fsp3) is 1.00. The standard InChI is InChI=1S/C14H29NO2/c1-2-3-4-5-6-7-10-17-13-8-9-14(15,11-13)12-16/h13,16H,2-12,15H2,1H3. The lowest BCUT2D eigenvalue weighted by Gasteiger charge is -2.20. The first kappa shape index (κ1) is 14.9. The van der Waals surface area contributed by atoms with Crippen molar-refractivity contribution < 1.29 is 9.84 Å². The van der Waals surface area contributed by atoms with Crippen LogP contribution in [0.25, 0.3) is 0 Å². The third-order valence-corrected chi connectivity index (χ3v) is 3.76. The highest BCUT2D eigenvalue weighted by atomic mass is 16.5. The molecule has 0 aliphatic heterocycles. The Morgan fingerprint density at radius 2 is 1.94 bits per heavy atom. The first-order chi connectivity index (χ1) is 8.20. The molecule has 0 bridgehead atoms. The molecule has 1 aliphatic carbocycles. The molecule has 3 N–H and O–H groups in total. The fourth-order valence-electron chi connectivity index (χ4n) is 2.52. The van der Waals surface area contributed by atoms with Crippen molar-refractivity contribution in [2.24, 2.45) is 5.73 Å². The highest BCUT2D eigenvalue weighted by molar-refractivity contribution is 4.93. The van der Waals surface area contributed by atoms with Crippen molar-refractivity contribution >= 4 is 0 Å². The Labute approximate surface area is 106 Å². The molecule has 1 fully saturated rings. The lowest BCUT2D eigenvalue weighted by Crippen LogP contribution is -2.41. The zero-order valence-corrected chi connectivity index (χ0v) is 11.3. The maximum Gasteiger partial charge on any atom is 0.0612 e. The smallest absolute Gasteiger partial charge is 0.0612 e. The Morgan fingerprint density at radius 1 is 1.24 bits per heavy atom. The molecule has 0 saturated heterocycles. The Hall–Kier alpha value is -0.120. The van der Waals surface area contributed by atoms with E-state index in [4.69, 9.17) is 15.6 Å². The van der Waals surface area contributed by atoms with E-state index < -0.39 is 0 Å². The minimum atomic E-state index is -0.369. The van der Waals surface area contributed by atoms with E-state index in [2.05, 4.69) is 6.92 Å². The predicted octanol–water partition coefficient (Wildman–Crippen LogP) is 2.61. The van der Waals surface area contributed by atoms with E-state index in [0.717, 1.165) is 32.3 Å². The lowest BCUT2D eigenvalue weighted by atomic mass is 10.0. The summed E-state index contributed by atoms with van der Waals surface area (Å²) in [6.45, 7) is 3.19. The highest BCUT2D eigenvalue weighted by Crippen LogP contribution is 2.29. The number of hydrogen-bond donors (Lipinski definition) is 2. The molecule has 0 heterocycles. The van der Waals surface area contributed by atoms with Gasteiger partial charge in [-0.2, -0.15) is 0 Å². The van der Waals surface area contributed by atoms with E-state index in [1.165, 1.54) is 32.1 Å². The molecular formula is C14H29NO2. The van der Waals surface area contributed by atoms with Crippen molar-refractivity contribution in [2.75, 3.05) is 13.2 Å². The predicted molar refractivity (Wildman–Crippen MR) is 71.0 cm³/mol. The van der Waals surface area contributed by atoms with Gasteiger partial charge in [-0.1, -0.05) is 39.0 Å². The normalized spacial score (nSPS) is 28.8. The molecule has 0 radical (unpaired) electrons. The molecule has 1 saturated carbocycles. The van der Waals surface area contributed by atoms with Gasteiger partial charge in [0.15, 0.2) is 0 Å². The summed E-state index contributed by atoms with van der Waals surface area (Å²) in [4.78, 5) is 0. The Balaban J connectivity index is 1.94. The van der Waals surface area contributed by atoms with Crippen LogP contribution in [0.3, 0.4) is 0 Å². The highest BCUT2D eigenvalue weighted by Gasteiger charge is 2.35. The lowest BCUT2D eigenvalue weighted by molar-refractivity contribution is 0.0480. The van der Waals surface area contributed by atoms with Crippen molar-refractivity contribution in [3.8, 4) is 0 Å². The summed E-state index contributed by atoms with van der Waals surface area (Å²) in [5.74, 6) is 0. The summed E-state index contributed by atoms with van der Waals surface area (Å²) < 4.78 is 5.82. The molecule has 0 amide bonds. The van der Waals surface area contributed by atoms with Crippen LogP contribution < -0.4 is 5.73 Å². The van der Waals surface area contributed by atoms with Gasteiger partial charge in [0.05, 0.1) is 12.7 Å². The minimum Gasteiger partial charge on any atom is -0.394 e. The zero-order valence-electron chi connectivity index (χ0n) is 11.3. The number of rotatable bonds is 9. The van der Waals surface area contributed by atoms with Crippen LogP contribution >= 0.6 is 0 Å². The maximum atomic E-state index is 9.15. The van der Waals surface area contributed by atoms with Crippen LogP contribution in [0.1, 0.15) is 64.7 Å². The average Bonchev–Trinajstić information content (AvgIpc) is 2.71. The van der Waals surface area contributed by atoms with Gasteiger partial charge in [-0.3, -0.25) is 0 Å². The van der Waals surface area contributed by atoms with Crippen LogP contribution in [-0.2, 0) is 4.74 Å². The van der Waals surface area contributed by atoms with E-state index in [1.54, 1.807) is 0 Å². The third kappa shape index (κ3) is 5.84. The van der Waals surface area contributed by atoms with E-state index in [9.17, 15) is 0 Å². The van der Waals surface area contributed by atoms with Gasteiger partial charge in [-0.25, -0.2) is 0 Å². The van der Waals surface area contributed by atoms with E-state index in [1.807, 2.05) is 0 Å². The van der Waals surface area contributed by atoms with Gasteiger partial charge < -0.3 is 15.6 Å². The number of hydrogen-bond acceptors (Lipinski definition) is 3. The molecule has 0 aromatic heterocycles. The molecule has 3 heteroatoms. The second-order valence-corrected chi connectivity index (χ2v) is 5.52. The largest absolute Gasteiger partial charge is 0.394 e. The van der Waals surface area contributed by atoms with Crippen LogP contribution in [0.2, 0.25) is 0 Å². The third-order valence-electron chi connectivity index (χ3n) is 3.76. The van der Waals surface area contributed by atoms with Crippen LogP contribution in [0.15, 0.2) is 0 Å². The van der Waals surface area contributed by atoms with Gasteiger partial charge in [0.2, 0.25) is 0 Å². The first-order valence-corrected chi connectivity index (χ1v) is 7.21. The molecule has 102 valence electrons. The van der Waals surface area contributed by atoms with E-state index in [0.29, 0.717) is 0 Å². The molecule has 0 spiro atoms. The summed E-state index contributed by atoms with van der Waals surface area (Å²) >= 11 is 0. The summed E-state index contributed by atoms with van der Waals surface area (Å²) in [6, 6.07) is 0. The molecule has 3 nitrogen and oxygen atoms in total. The summed E-state index contributed by atoms with van der Waals surface area (Å²) in [7, 11) is 0. The van der Waals surface area contributed by atoms with Crippen LogP contribution in [-0.4, -0.2) is 30.0 Å². The van der Waals surface area contributed by atoms with Gasteiger partial charge in [-0.15, -0.1) is 0 Å². The van der Waals surface area contributed by atoms with Gasteiger partial charge >= 0.3 is 0 Å². The monoisotopic (exact) mass is 243 g/mol. The van der Waals surface area contributed by atoms with Crippen molar-refractivity contribution in [1.29, 1.82) is 0 Å². The van der Waals surface area contributed by atoms with Gasteiger partial charge in [0, 0.05) is 12.1 Å². The summed E-state index contributed by atoms with van der Waals surface area (Å²) in [5, 5.41) is 9.15. The Kier molecular flexibility index (Phi) is 7.09. The van der Waals surface area contributed by atoms with Crippen LogP contribution in [0, 0.1) is 0 Å². The minimum absolute atomic E-state index is 0.0872. The van der Waals surface area contributed by atoms with E-state index in [-0.39, 0.29) is 18.2 Å². The number of nitrogens with two attached hydrogens (primary N) is 1. The van der Waals surface area contributed by atoms with Crippen LogP contribution in [0.4, 0.5) is 0 Å². The molecule has 1 rings (SSSR count). The van der Waals surface area contributed by atoms with Crippen LogP contribution in [0.5, 0.6) is 0 Å². The number of aliphatic hydroxyl groups excluding tert-OH is 1. The second kappa shape index (κ2) is 8.06. The van der Waals surface area contributed by atoms with E-state index >= 15 is 0 Å². The number of aliphatic hydroxyl groups is 1. The molecule has 2 atom stereocenters. The Bertz CT molecular complexity index is 199. The number of ether oxygens (including phenoxy) is 1. The quantitative estimate of drug-likeness (QED) is 0.612. The summed E-state index contributed by atoms with van der Waals surface area (Å²) in [5.41, 5.74) is 5.63. The van der Waals surface area contributed by atoms with Crippen molar-refractivity contribution in [3.63, 3.8) is 0 Å². The zero-order chi connectivity index (χ0) is 12.6. The SMILES string of the molecule is CCCCCCCCOC1CCC(N)(CO)C1. The molecule has 17 heavy (non-hydrogen) atoms. The summed E-state index contributed by atoms with van der Waals surface area (Å²) in [6.07, 6.45) is 10.8.